The molecule has 1 aliphatic heterocycles. The van der Waals surface area contributed by atoms with Gasteiger partial charge in [-0.1, -0.05) is 12.1 Å². The van der Waals surface area contributed by atoms with Crippen molar-refractivity contribution < 1.29 is 27.4 Å². The van der Waals surface area contributed by atoms with Gasteiger partial charge < -0.3 is 19.3 Å². The summed E-state index contributed by atoms with van der Waals surface area (Å²) in [6, 6.07) is 9.59. The van der Waals surface area contributed by atoms with E-state index in [0.717, 1.165) is 37.6 Å². The summed E-state index contributed by atoms with van der Waals surface area (Å²) >= 11 is 0. The van der Waals surface area contributed by atoms with Crippen molar-refractivity contribution in [3.63, 3.8) is 0 Å². The van der Waals surface area contributed by atoms with Crippen molar-refractivity contribution in [1.82, 2.24) is 9.80 Å². The first-order chi connectivity index (χ1) is 15.7. The van der Waals surface area contributed by atoms with Gasteiger partial charge in [-0.25, -0.2) is 0 Å². The highest BCUT2D eigenvalue weighted by Crippen LogP contribution is 2.31. The van der Waals surface area contributed by atoms with Crippen LogP contribution in [-0.2, 0) is 30.2 Å². The molecule has 0 atom stereocenters. The molecule has 0 aromatic heterocycles. The zero-order valence-electron chi connectivity index (χ0n) is 19.4. The van der Waals surface area contributed by atoms with E-state index in [1.807, 2.05) is 25.2 Å². The van der Waals surface area contributed by atoms with Gasteiger partial charge in [0.15, 0.2) is 11.5 Å². The number of hydrogen-bond donors (Lipinski definition) is 0. The van der Waals surface area contributed by atoms with Crippen molar-refractivity contribution in [3.05, 3.63) is 58.7 Å². The number of rotatable bonds is 9. The summed E-state index contributed by atoms with van der Waals surface area (Å²) in [4.78, 5) is 16.6. The van der Waals surface area contributed by atoms with Crippen molar-refractivity contribution in [1.29, 1.82) is 0 Å². The van der Waals surface area contributed by atoms with Gasteiger partial charge in [0.2, 0.25) is 5.91 Å². The number of fused-ring (bicyclic) bond motifs is 1. The molecule has 0 unspecified atom stereocenters. The summed E-state index contributed by atoms with van der Waals surface area (Å²) in [7, 11) is 5.27. The summed E-state index contributed by atoms with van der Waals surface area (Å²) < 4.78 is 49.6. The number of carbonyl (C=O) groups is 1. The molecule has 8 heteroatoms. The highest BCUT2D eigenvalue weighted by atomic mass is 19.4. The highest BCUT2D eigenvalue weighted by Gasteiger charge is 2.31. The van der Waals surface area contributed by atoms with Crippen molar-refractivity contribution in [2.24, 2.45) is 0 Å². The predicted octanol–water partition coefficient (Wildman–Crippen LogP) is 4.21. The first kappa shape index (κ1) is 24.9. The first-order valence-electron chi connectivity index (χ1n) is 11.1. The van der Waals surface area contributed by atoms with Gasteiger partial charge in [0.1, 0.15) is 0 Å². The van der Waals surface area contributed by atoms with Crippen LogP contribution in [0.1, 0.15) is 28.7 Å². The Balaban J connectivity index is 1.47. The Bertz CT molecular complexity index is 962. The van der Waals surface area contributed by atoms with Crippen LogP contribution in [0.25, 0.3) is 0 Å². The van der Waals surface area contributed by atoms with E-state index in [2.05, 4.69) is 4.90 Å². The van der Waals surface area contributed by atoms with Gasteiger partial charge in [-0.05, 0) is 73.8 Å². The maximum absolute atomic E-state index is 13.0. The van der Waals surface area contributed by atoms with Gasteiger partial charge in [-0.2, -0.15) is 13.2 Å². The molecule has 0 radical (unpaired) electrons. The predicted molar refractivity (Wildman–Crippen MR) is 121 cm³/mol. The van der Waals surface area contributed by atoms with Gasteiger partial charge in [-0.15, -0.1) is 0 Å². The molecule has 0 bridgehead atoms. The molecule has 2 aromatic carbocycles. The second-order valence-corrected chi connectivity index (χ2v) is 8.38. The summed E-state index contributed by atoms with van der Waals surface area (Å²) in [5.41, 5.74) is 1.81. The van der Waals surface area contributed by atoms with Crippen LogP contribution in [0.5, 0.6) is 11.5 Å². The van der Waals surface area contributed by atoms with E-state index in [1.165, 1.54) is 12.1 Å². The zero-order valence-corrected chi connectivity index (χ0v) is 19.4. The van der Waals surface area contributed by atoms with Crippen molar-refractivity contribution in [3.8, 4) is 11.5 Å². The van der Waals surface area contributed by atoms with Crippen LogP contribution in [0.3, 0.4) is 0 Å². The molecule has 0 aliphatic carbocycles. The molecule has 5 nitrogen and oxygen atoms in total. The van der Waals surface area contributed by atoms with Crippen LogP contribution < -0.4 is 9.47 Å². The highest BCUT2D eigenvalue weighted by molar-refractivity contribution is 5.80. The van der Waals surface area contributed by atoms with Crippen molar-refractivity contribution in [2.75, 3.05) is 47.4 Å². The molecule has 3 rings (SSSR count). The monoisotopic (exact) mass is 464 g/mol. The molecule has 0 fully saturated rings. The van der Waals surface area contributed by atoms with Crippen molar-refractivity contribution in [2.45, 2.75) is 31.9 Å². The Morgan fingerprint density at radius 2 is 1.76 bits per heavy atom. The average molecular weight is 465 g/mol. The van der Waals surface area contributed by atoms with E-state index in [4.69, 9.17) is 9.47 Å². The molecule has 1 amide bonds. The third-order valence-electron chi connectivity index (χ3n) is 6.08. The molecule has 0 N–H and O–H groups in total. The van der Waals surface area contributed by atoms with Gasteiger partial charge in [0, 0.05) is 19.6 Å². The normalized spacial score (nSPS) is 14.3. The lowest BCUT2D eigenvalue weighted by molar-refractivity contribution is -0.137. The lowest BCUT2D eigenvalue weighted by atomic mass is 10.00. The van der Waals surface area contributed by atoms with Gasteiger partial charge >= 0.3 is 6.18 Å². The van der Waals surface area contributed by atoms with Crippen LogP contribution in [0, 0.1) is 0 Å². The minimum atomic E-state index is -4.37. The van der Waals surface area contributed by atoms with E-state index in [1.54, 1.807) is 19.1 Å². The molecule has 1 aliphatic rings. The number of amides is 1. The molecule has 2 aromatic rings. The Kier molecular flexibility index (Phi) is 8.24. The number of nitrogens with zero attached hydrogens (tertiary/aromatic N) is 2. The number of ether oxygens (including phenoxy) is 2. The lowest BCUT2D eigenvalue weighted by Gasteiger charge is -2.23. The quantitative estimate of drug-likeness (QED) is 0.558. The van der Waals surface area contributed by atoms with Crippen LogP contribution >= 0.6 is 0 Å². The molecule has 1 heterocycles. The zero-order chi connectivity index (χ0) is 24.0. The van der Waals surface area contributed by atoms with E-state index < -0.39 is 11.7 Å². The molecule has 0 saturated heterocycles. The van der Waals surface area contributed by atoms with E-state index in [0.29, 0.717) is 42.1 Å². The molecule has 0 saturated carbocycles. The summed E-state index contributed by atoms with van der Waals surface area (Å²) in [6.45, 7) is 2.72. The topological polar surface area (TPSA) is 42.0 Å². The summed E-state index contributed by atoms with van der Waals surface area (Å²) in [6.07, 6.45) is -2.11. The average Bonchev–Trinajstić information content (AvgIpc) is 2.94. The molecular formula is C25H31F3N2O3. The largest absolute Gasteiger partial charge is 0.493 e. The fourth-order valence-electron chi connectivity index (χ4n) is 4.10. The number of benzene rings is 2. The van der Waals surface area contributed by atoms with Gasteiger partial charge in [0.25, 0.3) is 0 Å². The van der Waals surface area contributed by atoms with E-state index in [9.17, 15) is 18.0 Å². The third-order valence-corrected chi connectivity index (χ3v) is 6.08. The maximum Gasteiger partial charge on any atom is 0.416 e. The number of halogens is 3. The summed E-state index contributed by atoms with van der Waals surface area (Å²) in [5, 5.41) is 0. The van der Waals surface area contributed by atoms with Gasteiger partial charge in [0.05, 0.1) is 26.2 Å². The Morgan fingerprint density at radius 1 is 1.00 bits per heavy atom. The fraction of sp³-hybridized carbons (Fsp3) is 0.480. The molecular weight excluding hydrogens is 433 g/mol. The number of carbonyl (C=O) groups excluding carboxylic acids is 1. The van der Waals surface area contributed by atoms with Crippen LogP contribution in [-0.4, -0.2) is 63.2 Å². The number of alkyl halides is 3. The Hall–Kier alpha value is -2.74. The smallest absolute Gasteiger partial charge is 0.416 e. The number of methoxy groups -OCH3 is 2. The lowest BCUT2D eigenvalue weighted by Crippen LogP contribution is -2.35. The second-order valence-electron chi connectivity index (χ2n) is 8.38. The van der Waals surface area contributed by atoms with Gasteiger partial charge in [-0.3, -0.25) is 4.79 Å². The maximum atomic E-state index is 13.0. The first-order valence-corrected chi connectivity index (χ1v) is 11.1. The minimum Gasteiger partial charge on any atom is -0.493 e. The van der Waals surface area contributed by atoms with Crippen molar-refractivity contribution >= 4 is 5.91 Å². The standard InChI is InChI=1S/C25H31F3N2O3/c1-29(13-9-18-5-8-22(32-2)23(15-18)33-3)11-4-12-30-14-10-20-16-21(25(26,27)28)7-6-19(20)17-24(30)31/h5-8,15-16H,4,9-14,17H2,1-3H3. The van der Waals surface area contributed by atoms with Crippen LogP contribution in [0.4, 0.5) is 13.2 Å². The molecule has 180 valence electrons. The molecule has 0 spiro atoms. The third kappa shape index (κ3) is 6.63. The minimum absolute atomic E-state index is 0.0264. The second kappa shape index (κ2) is 10.9. The molecule has 33 heavy (non-hydrogen) atoms. The number of hydrogen-bond acceptors (Lipinski definition) is 4. The fourth-order valence-corrected chi connectivity index (χ4v) is 4.10. The van der Waals surface area contributed by atoms with Crippen LogP contribution in [0.2, 0.25) is 0 Å². The summed E-state index contributed by atoms with van der Waals surface area (Å²) in [5.74, 6) is 1.38. The number of likely N-dealkylation sites (N-methyl/N-ethyl adjacent to an activating group) is 1. The SMILES string of the molecule is COc1ccc(CCN(C)CCCN2CCc3cc(C(F)(F)F)ccc3CC2=O)cc1OC. The van der Waals surface area contributed by atoms with E-state index >= 15 is 0 Å². The van der Waals surface area contributed by atoms with E-state index in [-0.39, 0.29) is 12.3 Å². The van der Waals surface area contributed by atoms with Crippen LogP contribution in [0.15, 0.2) is 36.4 Å². The Labute approximate surface area is 193 Å². The Morgan fingerprint density at radius 3 is 2.45 bits per heavy atom.